The summed E-state index contributed by atoms with van der Waals surface area (Å²) in [5.41, 5.74) is 2.80. The van der Waals surface area contributed by atoms with E-state index in [1.54, 1.807) is 0 Å². The lowest BCUT2D eigenvalue weighted by atomic mass is 9.55. The standard InChI is InChI=1S/C25H29N5O2/c1-25-9-8-18-17-5-3-16(14-15(17)2-4-19(18)20(25)6-7-21(25)31)32-24-27-22(29-10-11-29)26-23(28-24)30-12-13-30/h3,5,14,18-20H,2,4,6-13H2,1H3/t18-,19-,20-,25+/m0/s1. The third-order valence-electron chi connectivity index (χ3n) is 8.67. The summed E-state index contributed by atoms with van der Waals surface area (Å²) >= 11 is 0. The fourth-order valence-electron chi connectivity index (χ4n) is 6.66. The smallest absolute Gasteiger partial charge is 0.328 e. The van der Waals surface area contributed by atoms with Gasteiger partial charge in [0, 0.05) is 38.0 Å². The fourth-order valence-corrected chi connectivity index (χ4v) is 6.66. The van der Waals surface area contributed by atoms with E-state index >= 15 is 0 Å². The second-order valence-electron chi connectivity index (χ2n) is 10.5. The molecule has 2 aliphatic heterocycles. The first-order valence-electron chi connectivity index (χ1n) is 12.2. The van der Waals surface area contributed by atoms with Crippen molar-refractivity contribution in [2.75, 3.05) is 36.0 Å². The topological polar surface area (TPSA) is 71.0 Å². The molecule has 0 unspecified atom stereocenters. The number of carbonyl (C=O) groups excluding carboxylic acids is 1. The van der Waals surface area contributed by atoms with Crippen LogP contribution in [0.2, 0.25) is 0 Å². The number of hydrogen-bond acceptors (Lipinski definition) is 7. The lowest BCUT2D eigenvalue weighted by molar-refractivity contribution is -0.129. The van der Waals surface area contributed by atoms with Gasteiger partial charge in [-0.3, -0.25) is 4.79 Å². The quantitative estimate of drug-likeness (QED) is 0.683. The number of rotatable bonds is 4. The number of ether oxygens (including phenoxy) is 1. The van der Waals surface area contributed by atoms with E-state index in [1.165, 1.54) is 17.5 Å². The Kier molecular flexibility index (Phi) is 3.92. The van der Waals surface area contributed by atoms with E-state index in [4.69, 9.17) is 4.74 Å². The van der Waals surface area contributed by atoms with Gasteiger partial charge in [0.25, 0.3) is 0 Å². The predicted molar refractivity (Wildman–Crippen MR) is 120 cm³/mol. The molecule has 32 heavy (non-hydrogen) atoms. The summed E-state index contributed by atoms with van der Waals surface area (Å²) in [6, 6.07) is 6.91. The van der Waals surface area contributed by atoms with Gasteiger partial charge in [0.15, 0.2) is 0 Å². The number of anilines is 2. The lowest BCUT2D eigenvalue weighted by Gasteiger charge is -2.48. The molecule has 1 aromatic carbocycles. The molecule has 0 spiro atoms. The zero-order valence-corrected chi connectivity index (χ0v) is 18.6. The van der Waals surface area contributed by atoms with Crippen molar-refractivity contribution < 1.29 is 9.53 Å². The number of fused-ring (bicyclic) bond motifs is 5. The minimum atomic E-state index is -0.0645. The maximum atomic E-state index is 12.6. The Morgan fingerprint density at radius 2 is 1.72 bits per heavy atom. The predicted octanol–water partition coefficient (Wildman–Crippen LogP) is 3.73. The molecule has 0 radical (unpaired) electrons. The minimum Gasteiger partial charge on any atom is -0.424 e. The number of aryl methyl sites for hydroxylation is 1. The maximum absolute atomic E-state index is 12.6. The second-order valence-corrected chi connectivity index (χ2v) is 10.5. The summed E-state index contributed by atoms with van der Waals surface area (Å²) in [6.07, 6.45) is 6.28. The van der Waals surface area contributed by atoms with Crippen molar-refractivity contribution in [2.45, 2.75) is 51.4 Å². The van der Waals surface area contributed by atoms with Crippen molar-refractivity contribution in [3.8, 4) is 11.8 Å². The van der Waals surface area contributed by atoms with Crippen LogP contribution in [0.25, 0.3) is 0 Å². The molecule has 2 aromatic rings. The number of carbonyl (C=O) groups is 1. The average molecular weight is 432 g/mol. The summed E-state index contributed by atoms with van der Waals surface area (Å²) in [5.74, 6) is 4.54. The molecule has 0 bridgehead atoms. The highest BCUT2D eigenvalue weighted by molar-refractivity contribution is 5.87. The van der Waals surface area contributed by atoms with E-state index in [9.17, 15) is 4.79 Å². The largest absolute Gasteiger partial charge is 0.424 e. The van der Waals surface area contributed by atoms with Crippen LogP contribution in [0.4, 0.5) is 11.9 Å². The van der Waals surface area contributed by atoms with Gasteiger partial charge in [0.1, 0.15) is 11.5 Å². The molecule has 166 valence electrons. The lowest BCUT2D eigenvalue weighted by Crippen LogP contribution is -2.42. The summed E-state index contributed by atoms with van der Waals surface area (Å²) < 4.78 is 6.16. The van der Waals surface area contributed by atoms with Crippen LogP contribution in [0.3, 0.4) is 0 Å². The molecule has 7 nitrogen and oxygen atoms in total. The number of Topliss-reactive ketones (excluding diaryl/α,β-unsaturated/α-hetero) is 1. The molecule has 5 aliphatic rings. The molecular weight excluding hydrogens is 402 g/mol. The van der Waals surface area contributed by atoms with Crippen LogP contribution in [0, 0.1) is 17.3 Å². The molecule has 2 saturated carbocycles. The van der Waals surface area contributed by atoms with Gasteiger partial charge in [-0.1, -0.05) is 13.0 Å². The highest BCUT2D eigenvalue weighted by Gasteiger charge is 2.54. The van der Waals surface area contributed by atoms with Gasteiger partial charge in [-0.2, -0.15) is 15.0 Å². The molecule has 0 N–H and O–H groups in total. The zero-order chi connectivity index (χ0) is 21.4. The van der Waals surface area contributed by atoms with Crippen molar-refractivity contribution in [1.82, 2.24) is 15.0 Å². The molecule has 2 saturated heterocycles. The number of hydrogen-bond donors (Lipinski definition) is 0. The Bertz CT molecular complexity index is 1080. The first-order chi connectivity index (χ1) is 15.6. The summed E-state index contributed by atoms with van der Waals surface area (Å²) in [6.45, 7) is 6.22. The minimum absolute atomic E-state index is 0.0645. The van der Waals surface area contributed by atoms with Crippen LogP contribution >= 0.6 is 0 Å². The van der Waals surface area contributed by atoms with Crippen molar-refractivity contribution in [3.63, 3.8) is 0 Å². The molecule has 3 aliphatic carbocycles. The van der Waals surface area contributed by atoms with E-state index in [1.807, 2.05) is 0 Å². The number of benzene rings is 1. The molecule has 4 fully saturated rings. The van der Waals surface area contributed by atoms with E-state index in [0.29, 0.717) is 41.4 Å². The van der Waals surface area contributed by atoms with Gasteiger partial charge in [-0.05, 0) is 73.1 Å². The average Bonchev–Trinajstić information content (AvgIpc) is 3.70. The monoisotopic (exact) mass is 431 g/mol. The zero-order valence-electron chi connectivity index (χ0n) is 18.6. The number of nitrogens with zero attached hydrogens (tertiary/aromatic N) is 5. The third-order valence-corrected chi connectivity index (χ3v) is 8.67. The van der Waals surface area contributed by atoms with Gasteiger partial charge in [-0.25, -0.2) is 0 Å². The third kappa shape index (κ3) is 2.93. The molecular formula is C25H29N5O2. The first-order valence-corrected chi connectivity index (χ1v) is 12.2. The van der Waals surface area contributed by atoms with Crippen LogP contribution in [0.15, 0.2) is 18.2 Å². The number of ketones is 1. The normalized spacial score (nSPS) is 32.3. The van der Waals surface area contributed by atoms with Gasteiger partial charge in [0.2, 0.25) is 11.9 Å². The van der Waals surface area contributed by atoms with E-state index in [-0.39, 0.29) is 5.41 Å². The summed E-state index contributed by atoms with van der Waals surface area (Å²) in [4.78, 5) is 30.5. The van der Waals surface area contributed by atoms with Crippen LogP contribution in [0.1, 0.15) is 56.1 Å². The van der Waals surface area contributed by atoms with Crippen LogP contribution in [0.5, 0.6) is 11.8 Å². The summed E-state index contributed by atoms with van der Waals surface area (Å²) in [5, 5.41) is 0. The SMILES string of the molecule is C[C@@]12CC[C@H]3c4ccc(Oc5nc(N6CC6)nc(N6CC6)n5)cc4CC[C@@H]3[C@@H]1CCC2=O. The van der Waals surface area contributed by atoms with Crippen LogP contribution in [-0.2, 0) is 11.2 Å². The summed E-state index contributed by atoms with van der Waals surface area (Å²) in [7, 11) is 0. The van der Waals surface area contributed by atoms with Crippen LogP contribution < -0.4 is 14.5 Å². The van der Waals surface area contributed by atoms with Gasteiger partial charge in [0.05, 0.1) is 0 Å². The van der Waals surface area contributed by atoms with Gasteiger partial charge >= 0.3 is 6.01 Å². The first kappa shape index (κ1) is 18.8. The second kappa shape index (κ2) is 6.65. The Morgan fingerprint density at radius 3 is 2.44 bits per heavy atom. The van der Waals surface area contributed by atoms with E-state index < -0.39 is 0 Å². The molecule has 7 heteroatoms. The van der Waals surface area contributed by atoms with Crippen molar-refractivity contribution in [3.05, 3.63) is 29.3 Å². The van der Waals surface area contributed by atoms with E-state index in [2.05, 4.69) is 49.9 Å². The van der Waals surface area contributed by atoms with Crippen molar-refractivity contribution in [2.24, 2.45) is 17.3 Å². The molecule has 3 heterocycles. The Hall–Kier alpha value is -2.70. The molecule has 0 amide bonds. The maximum Gasteiger partial charge on any atom is 0.328 e. The highest BCUT2D eigenvalue weighted by atomic mass is 16.5. The highest BCUT2D eigenvalue weighted by Crippen LogP contribution is 2.59. The molecule has 4 atom stereocenters. The van der Waals surface area contributed by atoms with Gasteiger partial charge in [-0.15, -0.1) is 0 Å². The molecule has 7 rings (SSSR count). The molecule has 1 aromatic heterocycles. The number of aromatic nitrogens is 3. The van der Waals surface area contributed by atoms with Gasteiger partial charge < -0.3 is 14.5 Å². The Balaban J connectivity index is 1.15. The van der Waals surface area contributed by atoms with Crippen LogP contribution in [-0.4, -0.2) is 46.9 Å². The van der Waals surface area contributed by atoms with Crippen molar-refractivity contribution >= 4 is 17.7 Å². The Morgan fingerprint density at radius 1 is 0.969 bits per heavy atom. The van der Waals surface area contributed by atoms with Crippen molar-refractivity contribution in [1.29, 1.82) is 0 Å². The fraction of sp³-hybridized carbons (Fsp3) is 0.600. The Labute approximate surface area is 188 Å². The van der Waals surface area contributed by atoms with E-state index in [0.717, 1.165) is 64.0 Å².